The molecule has 4 heteroatoms. The largest absolute Gasteiger partial charge is 0.372 e. The molecule has 1 aromatic carbocycles. The van der Waals surface area contributed by atoms with Crippen LogP contribution in [0.25, 0.3) is 11.3 Å². The summed E-state index contributed by atoms with van der Waals surface area (Å²) in [4.78, 5) is 7.04. The third-order valence-corrected chi connectivity index (χ3v) is 5.05. The molecule has 1 fully saturated rings. The lowest BCUT2D eigenvalue weighted by Crippen LogP contribution is -2.17. The molecule has 1 aliphatic rings. The number of anilines is 1. The smallest absolute Gasteiger partial charge is 0.104 e. The minimum absolute atomic E-state index is 0.837. The van der Waals surface area contributed by atoms with Crippen LogP contribution in [0.15, 0.2) is 29.6 Å². The van der Waals surface area contributed by atoms with Crippen LogP contribution in [-0.2, 0) is 5.33 Å². The summed E-state index contributed by atoms with van der Waals surface area (Å²) in [5.41, 5.74) is 3.64. The van der Waals surface area contributed by atoms with Gasteiger partial charge in [0.2, 0.25) is 0 Å². The van der Waals surface area contributed by atoms with Gasteiger partial charge in [-0.2, -0.15) is 0 Å². The predicted molar refractivity (Wildman–Crippen MR) is 81.6 cm³/mol. The molecule has 2 aromatic rings. The second kappa shape index (κ2) is 5.41. The van der Waals surface area contributed by atoms with Gasteiger partial charge in [-0.3, -0.25) is 0 Å². The van der Waals surface area contributed by atoms with E-state index in [9.17, 15) is 0 Å². The van der Waals surface area contributed by atoms with Crippen molar-refractivity contribution in [2.45, 2.75) is 18.2 Å². The lowest BCUT2D eigenvalue weighted by molar-refractivity contribution is 0.949. The number of nitrogens with zero attached hydrogens (tertiary/aromatic N) is 2. The van der Waals surface area contributed by atoms with Crippen molar-refractivity contribution in [3.8, 4) is 11.3 Å². The molecule has 1 aromatic heterocycles. The Labute approximate surface area is 120 Å². The third-order valence-electron chi connectivity index (χ3n) is 3.30. The van der Waals surface area contributed by atoms with Gasteiger partial charge in [0.05, 0.1) is 11.0 Å². The van der Waals surface area contributed by atoms with E-state index in [4.69, 9.17) is 0 Å². The van der Waals surface area contributed by atoms with Crippen molar-refractivity contribution in [3.05, 3.63) is 34.7 Å². The normalized spacial score (nSPS) is 15.3. The van der Waals surface area contributed by atoms with Crippen molar-refractivity contribution in [2.75, 3.05) is 18.0 Å². The zero-order chi connectivity index (χ0) is 12.4. The maximum atomic E-state index is 4.58. The Morgan fingerprint density at radius 2 is 1.89 bits per heavy atom. The molecule has 0 N–H and O–H groups in total. The highest BCUT2D eigenvalue weighted by Gasteiger charge is 2.12. The molecular formula is C14H15BrN2S. The van der Waals surface area contributed by atoms with Gasteiger partial charge in [-0.1, -0.05) is 28.1 Å². The highest BCUT2D eigenvalue weighted by molar-refractivity contribution is 9.08. The number of hydrogen-bond donors (Lipinski definition) is 0. The zero-order valence-corrected chi connectivity index (χ0v) is 12.5. The predicted octanol–water partition coefficient (Wildman–Crippen LogP) is 4.31. The number of benzene rings is 1. The van der Waals surface area contributed by atoms with Gasteiger partial charge in [0.1, 0.15) is 5.01 Å². The first-order valence-electron chi connectivity index (χ1n) is 6.22. The molecule has 0 spiro atoms. The van der Waals surface area contributed by atoms with Crippen molar-refractivity contribution in [2.24, 2.45) is 0 Å². The molecule has 2 heterocycles. The first-order chi connectivity index (χ1) is 8.86. The number of hydrogen-bond acceptors (Lipinski definition) is 3. The fourth-order valence-corrected chi connectivity index (χ4v) is 3.50. The van der Waals surface area contributed by atoms with E-state index in [1.54, 1.807) is 11.3 Å². The number of rotatable bonds is 3. The van der Waals surface area contributed by atoms with Gasteiger partial charge >= 0.3 is 0 Å². The first-order valence-corrected chi connectivity index (χ1v) is 8.23. The van der Waals surface area contributed by atoms with E-state index >= 15 is 0 Å². The van der Waals surface area contributed by atoms with Gasteiger partial charge in [-0.15, -0.1) is 11.3 Å². The molecule has 0 aliphatic carbocycles. The van der Waals surface area contributed by atoms with Crippen LogP contribution in [0.2, 0.25) is 0 Å². The van der Waals surface area contributed by atoms with E-state index in [0.29, 0.717) is 0 Å². The monoisotopic (exact) mass is 322 g/mol. The summed E-state index contributed by atoms with van der Waals surface area (Å²) in [6, 6.07) is 8.79. The van der Waals surface area contributed by atoms with Crippen LogP contribution < -0.4 is 4.90 Å². The summed E-state index contributed by atoms with van der Waals surface area (Å²) in [6.45, 7) is 2.40. The summed E-state index contributed by atoms with van der Waals surface area (Å²) >= 11 is 5.15. The van der Waals surface area contributed by atoms with E-state index in [2.05, 4.69) is 55.5 Å². The van der Waals surface area contributed by atoms with Crippen LogP contribution >= 0.6 is 27.3 Å². The second-order valence-corrected chi connectivity index (χ2v) is 6.00. The van der Waals surface area contributed by atoms with Gasteiger partial charge < -0.3 is 4.90 Å². The molecule has 0 amide bonds. The van der Waals surface area contributed by atoms with Gasteiger partial charge in [-0.25, -0.2) is 4.98 Å². The molecule has 94 valence electrons. The third kappa shape index (κ3) is 2.45. The van der Waals surface area contributed by atoms with Crippen LogP contribution in [0.4, 0.5) is 5.69 Å². The van der Waals surface area contributed by atoms with E-state index in [-0.39, 0.29) is 0 Å². The lowest BCUT2D eigenvalue weighted by Gasteiger charge is -2.17. The van der Waals surface area contributed by atoms with E-state index in [1.165, 1.54) is 37.2 Å². The number of alkyl halides is 1. The van der Waals surface area contributed by atoms with E-state index in [1.807, 2.05) is 0 Å². The van der Waals surface area contributed by atoms with Gasteiger partial charge in [0.25, 0.3) is 0 Å². The van der Waals surface area contributed by atoms with Crippen LogP contribution in [0.1, 0.15) is 17.8 Å². The van der Waals surface area contributed by atoms with Crippen LogP contribution in [0.5, 0.6) is 0 Å². The average molecular weight is 323 g/mol. The molecule has 0 saturated carbocycles. The standard InChI is InChI=1S/C14H15BrN2S/c15-9-14-16-13(10-18-14)11-3-5-12(6-4-11)17-7-1-2-8-17/h3-6,10H,1-2,7-9H2. The SMILES string of the molecule is BrCc1nc(-c2ccc(N3CCCC3)cc2)cs1. The Kier molecular flexibility index (Phi) is 3.66. The summed E-state index contributed by atoms with van der Waals surface area (Å²) in [5.74, 6) is 0. The van der Waals surface area contributed by atoms with E-state index < -0.39 is 0 Å². The number of aromatic nitrogens is 1. The molecule has 0 unspecified atom stereocenters. The Bertz CT molecular complexity index is 515. The minimum Gasteiger partial charge on any atom is -0.372 e. The Balaban J connectivity index is 1.81. The zero-order valence-electron chi connectivity index (χ0n) is 10.1. The van der Waals surface area contributed by atoms with Crippen LogP contribution in [0, 0.1) is 0 Å². The minimum atomic E-state index is 0.837. The highest BCUT2D eigenvalue weighted by Crippen LogP contribution is 2.26. The molecular weight excluding hydrogens is 308 g/mol. The van der Waals surface area contributed by atoms with Crippen molar-refractivity contribution < 1.29 is 0 Å². The molecule has 0 bridgehead atoms. The number of halogens is 1. The molecule has 1 aliphatic heterocycles. The maximum Gasteiger partial charge on any atom is 0.104 e. The Morgan fingerprint density at radius 3 is 2.50 bits per heavy atom. The second-order valence-electron chi connectivity index (χ2n) is 4.50. The van der Waals surface area contributed by atoms with Gasteiger partial charge in [0.15, 0.2) is 0 Å². The fraction of sp³-hybridized carbons (Fsp3) is 0.357. The van der Waals surface area contributed by atoms with Crippen molar-refractivity contribution >= 4 is 33.0 Å². The lowest BCUT2D eigenvalue weighted by atomic mass is 10.1. The van der Waals surface area contributed by atoms with E-state index in [0.717, 1.165) is 16.0 Å². The van der Waals surface area contributed by atoms with Crippen molar-refractivity contribution in [1.29, 1.82) is 0 Å². The molecule has 3 rings (SSSR count). The van der Waals surface area contributed by atoms with Crippen molar-refractivity contribution in [3.63, 3.8) is 0 Å². The van der Waals surface area contributed by atoms with Crippen LogP contribution in [-0.4, -0.2) is 18.1 Å². The Hall–Kier alpha value is -0.870. The highest BCUT2D eigenvalue weighted by atomic mass is 79.9. The molecule has 1 saturated heterocycles. The Morgan fingerprint density at radius 1 is 1.17 bits per heavy atom. The summed E-state index contributed by atoms with van der Waals surface area (Å²) in [7, 11) is 0. The molecule has 0 radical (unpaired) electrons. The van der Waals surface area contributed by atoms with Crippen molar-refractivity contribution in [1.82, 2.24) is 4.98 Å². The van der Waals surface area contributed by atoms with Gasteiger partial charge in [0, 0.05) is 29.7 Å². The number of thiazole rings is 1. The quantitative estimate of drug-likeness (QED) is 0.783. The summed E-state index contributed by atoms with van der Waals surface area (Å²) in [6.07, 6.45) is 2.64. The molecule has 2 nitrogen and oxygen atoms in total. The topological polar surface area (TPSA) is 16.1 Å². The summed E-state index contributed by atoms with van der Waals surface area (Å²) in [5, 5.41) is 4.10. The average Bonchev–Trinajstić information content (AvgIpc) is 3.10. The summed E-state index contributed by atoms with van der Waals surface area (Å²) < 4.78 is 0. The fourth-order valence-electron chi connectivity index (χ4n) is 2.32. The maximum absolute atomic E-state index is 4.58. The first kappa shape index (κ1) is 12.2. The molecule has 18 heavy (non-hydrogen) atoms. The van der Waals surface area contributed by atoms with Gasteiger partial charge in [-0.05, 0) is 25.0 Å². The molecule has 0 atom stereocenters. The van der Waals surface area contributed by atoms with Crippen LogP contribution in [0.3, 0.4) is 0 Å².